The molecule has 2 rings (SSSR count). The van der Waals surface area contributed by atoms with Crippen LogP contribution in [0, 0.1) is 5.92 Å². The molecule has 1 unspecified atom stereocenters. The van der Waals surface area contributed by atoms with Gasteiger partial charge in [-0.1, -0.05) is 12.1 Å². The molecule has 90 valence electrons. The summed E-state index contributed by atoms with van der Waals surface area (Å²) in [5, 5.41) is 0. The van der Waals surface area contributed by atoms with Crippen LogP contribution < -0.4 is 4.90 Å². The molecule has 1 fully saturated rings. The highest BCUT2D eigenvalue weighted by Gasteiger charge is 2.31. The van der Waals surface area contributed by atoms with Crippen molar-refractivity contribution in [3.05, 3.63) is 29.8 Å². The van der Waals surface area contributed by atoms with Crippen LogP contribution in [0.4, 0.5) is 5.69 Å². The molecular weight excluding hydrogens is 238 g/mol. The average molecular weight is 252 g/mol. The second kappa shape index (κ2) is 4.88. The minimum absolute atomic E-state index is 0.0253. The summed E-state index contributed by atoms with van der Waals surface area (Å²) in [7, 11) is 0. The SMILES string of the molecule is CC(=O)c1ccccc1N1CC(CCl)CC1=O. The summed E-state index contributed by atoms with van der Waals surface area (Å²) in [6.07, 6.45) is 0.468. The van der Waals surface area contributed by atoms with Crippen molar-refractivity contribution in [2.75, 3.05) is 17.3 Å². The van der Waals surface area contributed by atoms with Gasteiger partial charge >= 0.3 is 0 Å². The fourth-order valence-electron chi connectivity index (χ4n) is 2.12. The number of ketones is 1. The molecule has 1 saturated heterocycles. The summed E-state index contributed by atoms with van der Waals surface area (Å²) in [5.74, 6) is 0.682. The molecule has 3 nitrogen and oxygen atoms in total. The van der Waals surface area contributed by atoms with Crippen molar-refractivity contribution in [3.8, 4) is 0 Å². The van der Waals surface area contributed by atoms with Gasteiger partial charge in [0, 0.05) is 24.4 Å². The highest BCUT2D eigenvalue weighted by atomic mass is 35.5. The Labute approximate surface area is 105 Å². The molecular formula is C13H14ClNO2. The minimum Gasteiger partial charge on any atom is -0.311 e. The van der Waals surface area contributed by atoms with E-state index in [0.717, 1.165) is 0 Å². The van der Waals surface area contributed by atoms with Crippen LogP contribution in [-0.2, 0) is 4.79 Å². The van der Waals surface area contributed by atoms with Crippen LogP contribution in [0.3, 0.4) is 0 Å². The molecule has 0 bridgehead atoms. The Kier molecular flexibility index (Phi) is 3.48. The lowest BCUT2D eigenvalue weighted by molar-refractivity contribution is -0.117. The zero-order valence-corrected chi connectivity index (χ0v) is 10.4. The number of benzene rings is 1. The first-order valence-electron chi connectivity index (χ1n) is 5.59. The molecule has 1 aliphatic heterocycles. The number of rotatable bonds is 3. The first-order chi connectivity index (χ1) is 8.13. The Morgan fingerprint density at radius 2 is 2.18 bits per heavy atom. The molecule has 1 aliphatic rings. The Balaban J connectivity index is 2.35. The number of hydrogen-bond donors (Lipinski definition) is 0. The van der Waals surface area contributed by atoms with Gasteiger partial charge in [-0.25, -0.2) is 0 Å². The summed E-state index contributed by atoms with van der Waals surface area (Å²) in [6, 6.07) is 7.20. The molecule has 1 heterocycles. The van der Waals surface area contributed by atoms with Gasteiger partial charge in [-0.05, 0) is 25.0 Å². The number of nitrogens with zero attached hydrogens (tertiary/aromatic N) is 1. The zero-order chi connectivity index (χ0) is 12.4. The van der Waals surface area contributed by atoms with Gasteiger partial charge in [0.1, 0.15) is 0 Å². The molecule has 0 aliphatic carbocycles. The fraction of sp³-hybridized carbons (Fsp3) is 0.385. The number of amides is 1. The van der Waals surface area contributed by atoms with Crippen molar-refractivity contribution >= 4 is 29.0 Å². The maximum Gasteiger partial charge on any atom is 0.227 e. The smallest absolute Gasteiger partial charge is 0.227 e. The van der Waals surface area contributed by atoms with Crippen molar-refractivity contribution < 1.29 is 9.59 Å². The third-order valence-electron chi connectivity index (χ3n) is 3.00. The predicted molar refractivity (Wildman–Crippen MR) is 67.6 cm³/mol. The van der Waals surface area contributed by atoms with E-state index in [-0.39, 0.29) is 17.6 Å². The van der Waals surface area contributed by atoms with Gasteiger partial charge in [0.05, 0.1) is 5.69 Å². The lowest BCUT2D eigenvalue weighted by atomic mass is 10.1. The van der Waals surface area contributed by atoms with Crippen LogP contribution in [0.2, 0.25) is 0 Å². The molecule has 1 aromatic rings. The third-order valence-corrected chi connectivity index (χ3v) is 3.43. The Bertz CT molecular complexity index is 458. The van der Waals surface area contributed by atoms with Gasteiger partial charge in [-0.15, -0.1) is 11.6 Å². The quantitative estimate of drug-likeness (QED) is 0.611. The van der Waals surface area contributed by atoms with E-state index in [2.05, 4.69) is 0 Å². The monoisotopic (exact) mass is 251 g/mol. The van der Waals surface area contributed by atoms with Gasteiger partial charge in [0.15, 0.2) is 5.78 Å². The van der Waals surface area contributed by atoms with Crippen molar-refractivity contribution in [2.45, 2.75) is 13.3 Å². The largest absolute Gasteiger partial charge is 0.311 e. The van der Waals surface area contributed by atoms with Crippen molar-refractivity contribution in [1.29, 1.82) is 0 Å². The van der Waals surface area contributed by atoms with Crippen molar-refractivity contribution in [2.24, 2.45) is 5.92 Å². The van der Waals surface area contributed by atoms with Gasteiger partial charge in [0.25, 0.3) is 0 Å². The number of carbonyl (C=O) groups excluding carboxylic acids is 2. The highest BCUT2D eigenvalue weighted by Crippen LogP contribution is 2.28. The van der Waals surface area contributed by atoms with E-state index in [1.54, 1.807) is 17.0 Å². The summed E-state index contributed by atoms with van der Waals surface area (Å²) >= 11 is 5.78. The number of carbonyl (C=O) groups is 2. The van der Waals surface area contributed by atoms with Gasteiger partial charge in [-0.3, -0.25) is 9.59 Å². The maximum atomic E-state index is 11.9. The van der Waals surface area contributed by atoms with Crippen LogP contribution in [0.15, 0.2) is 24.3 Å². The van der Waals surface area contributed by atoms with Crippen LogP contribution >= 0.6 is 11.6 Å². The Morgan fingerprint density at radius 1 is 1.47 bits per heavy atom. The molecule has 0 spiro atoms. The molecule has 0 aromatic heterocycles. The van der Waals surface area contributed by atoms with Crippen molar-refractivity contribution in [1.82, 2.24) is 0 Å². The molecule has 0 N–H and O–H groups in total. The van der Waals surface area contributed by atoms with Crippen LogP contribution in [0.25, 0.3) is 0 Å². The lowest BCUT2D eigenvalue weighted by Gasteiger charge is -2.19. The number of para-hydroxylation sites is 1. The number of alkyl halides is 1. The van der Waals surface area contributed by atoms with Gasteiger partial charge in [0.2, 0.25) is 5.91 Å². The Hall–Kier alpha value is -1.35. The number of Topliss-reactive ketones (excluding diaryl/α,β-unsaturated/α-hetero) is 1. The van der Waals surface area contributed by atoms with E-state index in [4.69, 9.17) is 11.6 Å². The molecule has 0 saturated carbocycles. The molecule has 1 amide bonds. The van der Waals surface area contributed by atoms with E-state index in [1.165, 1.54) is 6.92 Å². The number of hydrogen-bond acceptors (Lipinski definition) is 2. The maximum absolute atomic E-state index is 11.9. The lowest BCUT2D eigenvalue weighted by Crippen LogP contribution is -2.26. The Morgan fingerprint density at radius 3 is 2.76 bits per heavy atom. The standard InChI is InChI=1S/C13H14ClNO2/c1-9(16)11-4-2-3-5-12(11)15-8-10(7-14)6-13(15)17/h2-5,10H,6-8H2,1H3. The van der Waals surface area contributed by atoms with Crippen LogP contribution in [0.5, 0.6) is 0 Å². The predicted octanol–water partition coefficient (Wildman–Crippen LogP) is 2.48. The summed E-state index contributed by atoms with van der Waals surface area (Å²) in [5.41, 5.74) is 1.30. The van der Waals surface area contributed by atoms with E-state index >= 15 is 0 Å². The van der Waals surface area contributed by atoms with E-state index < -0.39 is 0 Å². The second-order valence-electron chi connectivity index (χ2n) is 4.30. The van der Waals surface area contributed by atoms with Crippen LogP contribution in [0.1, 0.15) is 23.7 Å². The fourth-order valence-corrected chi connectivity index (χ4v) is 2.33. The summed E-state index contributed by atoms with van der Waals surface area (Å²) in [4.78, 5) is 25.1. The molecule has 0 radical (unpaired) electrons. The third kappa shape index (κ3) is 2.34. The minimum atomic E-state index is -0.0253. The highest BCUT2D eigenvalue weighted by molar-refractivity contribution is 6.18. The van der Waals surface area contributed by atoms with E-state index in [0.29, 0.717) is 30.1 Å². The molecule has 1 atom stereocenters. The van der Waals surface area contributed by atoms with Crippen LogP contribution in [-0.4, -0.2) is 24.1 Å². The molecule has 17 heavy (non-hydrogen) atoms. The first kappa shape index (κ1) is 12.1. The molecule has 1 aromatic carbocycles. The van der Waals surface area contributed by atoms with E-state index in [1.807, 2.05) is 12.1 Å². The van der Waals surface area contributed by atoms with Gasteiger partial charge in [-0.2, -0.15) is 0 Å². The second-order valence-corrected chi connectivity index (χ2v) is 4.61. The number of anilines is 1. The van der Waals surface area contributed by atoms with Gasteiger partial charge < -0.3 is 4.90 Å². The molecule has 4 heteroatoms. The topological polar surface area (TPSA) is 37.4 Å². The van der Waals surface area contributed by atoms with Crippen molar-refractivity contribution in [3.63, 3.8) is 0 Å². The number of halogens is 1. The summed E-state index contributed by atoms with van der Waals surface area (Å²) < 4.78 is 0. The summed E-state index contributed by atoms with van der Waals surface area (Å²) in [6.45, 7) is 2.12. The normalized spacial score (nSPS) is 19.8. The average Bonchev–Trinajstić information content (AvgIpc) is 2.70. The van der Waals surface area contributed by atoms with E-state index in [9.17, 15) is 9.59 Å². The zero-order valence-electron chi connectivity index (χ0n) is 9.65. The first-order valence-corrected chi connectivity index (χ1v) is 6.13.